The van der Waals surface area contributed by atoms with Crippen LogP contribution in [0.15, 0.2) is 35.3 Å². The highest BCUT2D eigenvalue weighted by atomic mass is 16.2. The van der Waals surface area contributed by atoms with Gasteiger partial charge in [0.15, 0.2) is 5.78 Å². The molecule has 0 aromatic heterocycles. The van der Waals surface area contributed by atoms with Crippen molar-refractivity contribution in [1.82, 2.24) is 0 Å². The minimum Gasteiger partial charge on any atom is -0.298 e. The van der Waals surface area contributed by atoms with Crippen LogP contribution in [0.4, 0.5) is 5.69 Å². The summed E-state index contributed by atoms with van der Waals surface area (Å²) in [7, 11) is 0. The SMILES string of the molecule is C[C@H]1C(=O)CC(=Nc2ccccc2)C1=O. The standard InChI is InChI=1S/C12H11NO2/c1-8-11(14)7-10(12(8)15)13-9-5-3-2-4-6-9/h2-6,8H,7H2,1H3/t8-/m0/s1. The lowest BCUT2D eigenvalue weighted by Crippen LogP contribution is -2.12. The minimum atomic E-state index is -0.507. The molecule has 15 heavy (non-hydrogen) atoms. The Hall–Kier alpha value is -1.77. The molecule has 0 spiro atoms. The number of aliphatic imine (C=N–C) groups is 1. The van der Waals surface area contributed by atoms with E-state index in [4.69, 9.17) is 0 Å². The zero-order valence-corrected chi connectivity index (χ0v) is 8.43. The van der Waals surface area contributed by atoms with Crippen LogP contribution < -0.4 is 0 Å². The highest BCUT2D eigenvalue weighted by Crippen LogP contribution is 2.19. The van der Waals surface area contributed by atoms with Crippen molar-refractivity contribution in [2.45, 2.75) is 13.3 Å². The van der Waals surface area contributed by atoms with Gasteiger partial charge in [0.05, 0.1) is 23.7 Å². The Morgan fingerprint density at radius 1 is 1.20 bits per heavy atom. The number of Topliss-reactive ketones (excluding diaryl/α,β-unsaturated/α-hetero) is 2. The summed E-state index contributed by atoms with van der Waals surface area (Å²) >= 11 is 0. The Kier molecular flexibility index (Phi) is 2.46. The van der Waals surface area contributed by atoms with Crippen LogP contribution in [0.5, 0.6) is 0 Å². The van der Waals surface area contributed by atoms with Gasteiger partial charge in [-0.2, -0.15) is 0 Å². The highest BCUT2D eigenvalue weighted by molar-refractivity contribution is 6.52. The van der Waals surface area contributed by atoms with E-state index in [1.807, 2.05) is 30.3 Å². The Labute approximate surface area is 87.8 Å². The molecule has 2 rings (SSSR count). The highest BCUT2D eigenvalue weighted by Gasteiger charge is 2.34. The third-order valence-electron chi connectivity index (χ3n) is 2.52. The van der Waals surface area contributed by atoms with E-state index >= 15 is 0 Å². The number of carbonyl (C=O) groups is 2. The van der Waals surface area contributed by atoms with E-state index in [0.717, 1.165) is 5.69 Å². The molecule has 3 heteroatoms. The number of ketones is 2. The Morgan fingerprint density at radius 3 is 2.40 bits per heavy atom. The molecule has 1 saturated carbocycles. The number of nitrogens with zero attached hydrogens (tertiary/aromatic N) is 1. The topological polar surface area (TPSA) is 46.5 Å². The summed E-state index contributed by atoms with van der Waals surface area (Å²) in [6.45, 7) is 1.64. The minimum absolute atomic E-state index is 0.0327. The van der Waals surface area contributed by atoms with E-state index in [9.17, 15) is 9.59 Å². The van der Waals surface area contributed by atoms with E-state index in [2.05, 4.69) is 4.99 Å². The molecule has 76 valence electrons. The molecule has 1 aromatic rings. The van der Waals surface area contributed by atoms with Crippen molar-refractivity contribution in [3.63, 3.8) is 0 Å². The van der Waals surface area contributed by atoms with Crippen molar-refractivity contribution in [2.24, 2.45) is 10.9 Å². The third kappa shape index (κ3) is 1.86. The second-order valence-electron chi connectivity index (χ2n) is 3.62. The number of hydrogen-bond acceptors (Lipinski definition) is 3. The Bertz CT molecular complexity index is 434. The van der Waals surface area contributed by atoms with E-state index in [1.54, 1.807) is 6.92 Å². The molecule has 0 N–H and O–H groups in total. The van der Waals surface area contributed by atoms with Crippen molar-refractivity contribution in [3.05, 3.63) is 30.3 Å². The van der Waals surface area contributed by atoms with Crippen LogP contribution in [-0.4, -0.2) is 17.3 Å². The van der Waals surface area contributed by atoms with Gasteiger partial charge in [0.25, 0.3) is 0 Å². The normalized spacial score (nSPS) is 23.8. The van der Waals surface area contributed by atoms with E-state index < -0.39 is 5.92 Å². The first-order valence-corrected chi connectivity index (χ1v) is 4.88. The number of para-hydroxylation sites is 1. The fraction of sp³-hybridized carbons (Fsp3) is 0.250. The zero-order chi connectivity index (χ0) is 10.8. The Morgan fingerprint density at radius 2 is 1.87 bits per heavy atom. The summed E-state index contributed by atoms with van der Waals surface area (Å²) in [4.78, 5) is 27.0. The van der Waals surface area contributed by atoms with E-state index in [1.165, 1.54) is 0 Å². The summed E-state index contributed by atoms with van der Waals surface area (Å²) < 4.78 is 0. The van der Waals surface area contributed by atoms with Crippen LogP contribution in [0.1, 0.15) is 13.3 Å². The lowest BCUT2D eigenvalue weighted by Gasteiger charge is -1.95. The monoisotopic (exact) mass is 201 g/mol. The van der Waals surface area contributed by atoms with Crippen LogP contribution >= 0.6 is 0 Å². The van der Waals surface area contributed by atoms with Gasteiger partial charge in [-0.05, 0) is 19.1 Å². The summed E-state index contributed by atoms with van der Waals surface area (Å²) in [6.07, 6.45) is 0.175. The fourth-order valence-electron chi connectivity index (χ4n) is 1.55. The van der Waals surface area contributed by atoms with Crippen molar-refractivity contribution in [2.75, 3.05) is 0 Å². The second-order valence-corrected chi connectivity index (χ2v) is 3.62. The number of benzene rings is 1. The molecule has 0 bridgehead atoms. The smallest absolute Gasteiger partial charge is 0.187 e. The first-order chi connectivity index (χ1) is 7.18. The lowest BCUT2D eigenvalue weighted by molar-refractivity contribution is -0.125. The number of carbonyl (C=O) groups excluding carboxylic acids is 2. The van der Waals surface area contributed by atoms with Crippen molar-refractivity contribution >= 4 is 23.0 Å². The predicted octanol–water partition coefficient (Wildman–Crippen LogP) is 1.94. The van der Waals surface area contributed by atoms with Gasteiger partial charge in [0.1, 0.15) is 5.78 Å². The molecule has 0 amide bonds. The van der Waals surface area contributed by atoms with Crippen molar-refractivity contribution in [1.29, 1.82) is 0 Å². The van der Waals surface area contributed by atoms with Crippen molar-refractivity contribution in [3.8, 4) is 0 Å². The summed E-state index contributed by atoms with van der Waals surface area (Å²) in [5.74, 6) is -0.675. The summed E-state index contributed by atoms with van der Waals surface area (Å²) in [5.41, 5.74) is 1.11. The second kappa shape index (κ2) is 3.77. The zero-order valence-electron chi connectivity index (χ0n) is 8.43. The van der Waals surface area contributed by atoms with Crippen LogP contribution in [0.25, 0.3) is 0 Å². The average Bonchev–Trinajstić information content (AvgIpc) is 2.48. The first kappa shape index (κ1) is 9.77. The quantitative estimate of drug-likeness (QED) is 0.652. The summed E-state index contributed by atoms with van der Waals surface area (Å²) in [6, 6.07) is 9.21. The molecular weight excluding hydrogens is 190 g/mol. The van der Waals surface area contributed by atoms with Gasteiger partial charge in [0, 0.05) is 0 Å². The molecule has 0 aliphatic heterocycles. The molecule has 1 aromatic carbocycles. The maximum atomic E-state index is 11.6. The van der Waals surface area contributed by atoms with Gasteiger partial charge < -0.3 is 0 Å². The molecule has 3 nitrogen and oxygen atoms in total. The van der Waals surface area contributed by atoms with Crippen LogP contribution in [0.3, 0.4) is 0 Å². The molecule has 1 fully saturated rings. The lowest BCUT2D eigenvalue weighted by atomic mass is 10.1. The van der Waals surface area contributed by atoms with Gasteiger partial charge in [0.2, 0.25) is 0 Å². The molecular formula is C12H11NO2. The molecule has 1 atom stereocenters. The van der Waals surface area contributed by atoms with Crippen LogP contribution in [0.2, 0.25) is 0 Å². The van der Waals surface area contributed by atoms with Gasteiger partial charge in [-0.15, -0.1) is 0 Å². The van der Waals surface area contributed by atoms with Crippen LogP contribution in [0, 0.1) is 5.92 Å². The first-order valence-electron chi connectivity index (χ1n) is 4.88. The maximum Gasteiger partial charge on any atom is 0.187 e. The maximum absolute atomic E-state index is 11.6. The molecule has 0 unspecified atom stereocenters. The van der Waals surface area contributed by atoms with Crippen LogP contribution in [-0.2, 0) is 9.59 Å². The summed E-state index contributed by atoms with van der Waals surface area (Å²) in [5, 5.41) is 0. The molecule has 0 saturated heterocycles. The van der Waals surface area contributed by atoms with Gasteiger partial charge >= 0.3 is 0 Å². The Balaban J connectivity index is 2.30. The third-order valence-corrected chi connectivity index (χ3v) is 2.52. The van der Waals surface area contributed by atoms with Crippen molar-refractivity contribution < 1.29 is 9.59 Å². The molecule has 1 aliphatic carbocycles. The number of rotatable bonds is 1. The molecule has 0 radical (unpaired) electrons. The fourth-order valence-corrected chi connectivity index (χ4v) is 1.55. The average molecular weight is 201 g/mol. The van der Waals surface area contributed by atoms with Gasteiger partial charge in [-0.25, -0.2) is 4.99 Å². The molecule has 1 aliphatic rings. The van der Waals surface area contributed by atoms with E-state index in [0.29, 0.717) is 5.71 Å². The largest absolute Gasteiger partial charge is 0.298 e. The van der Waals surface area contributed by atoms with E-state index in [-0.39, 0.29) is 18.0 Å². The van der Waals surface area contributed by atoms with Gasteiger partial charge in [-0.1, -0.05) is 18.2 Å². The molecule has 0 heterocycles. The van der Waals surface area contributed by atoms with Gasteiger partial charge in [-0.3, -0.25) is 9.59 Å². The number of hydrogen-bond donors (Lipinski definition) is 0. The predicted molar refractivity (Wildman–Crippen MR) is 57.3 cm³/mol.